The average Bonchev–Trinajstić information content (AvgIpc) is 3.29. The lowest BCUT2D eigenvalue weighted by atomic mass is 9.84. The quantitative estimate of drug-likeness (QED) is 0.216. The molecule has 6 N–H and O–H groups in total. The highest BCUT2D eigenvalue weighted by Gasteiger charge is 2.65. The van der Waals surface area contributed by atoms with E-state index in [9.17, 15) is 52.6 Å². The second-order valence-electron chi connectivity index (χ2n) is 15.5. The summed E-state index contributed by atoms with van der Waals surface area (Å²) in [6.45, 7) is 20.5. The molecule has 264 valence electrons. The van der Waals surface area contributed by atoms with E-state index in [0.29, 0.717) is 0 Å². The Balaban J connectivity index is 0.000000330. The van der Waals surface area contributed by atoms with Crippen molar-refractivity contribution >= 4 is 0 Å². The molecule has 3 aliphatic rings. The molecule has 0 aromatic heterocycles. The minimum absolute atomic E-state index is 0.0680. The summed E-state index contributed by atoms with van der Waals surface area (Å²) in [7, 11) is 0. The van der Waals surface area contributed by atoms with E-state index in [1.54, 1.807) is 55.4 Å². The summed E-state index contributed by atoms with van der Waals surface area (Å²) >= 11 is 0. The molecule has 44 heavy (non-hydrogen) atoms. The third kappa shape index (κ3) is 7.75. The molecule has 0 radical (unpaired) electrons. The standard InChI is InChI=1S/2C11H20F2O2.C11H21FO2/c1-6(2)10(12)5-11(13,7(3)4)9(15)8(10)14;1-5(2)7-9(14)10(15)8(6(3)4)11(7,12)13;1-5(2)7-9(12)8(6(3)4)11(14)10(7)13/h6-9,14-15H,5H2,1-4H3;5-10,14-15H,1-4H3;5-11,13-14H,1-4H3. The maximum atomic E-state index is 14.3. The molecule has 0 aliphatic heterocycles. The van der Waals surface area contributed by atoms with Crippen molar-refractivity contribution in [1.82, 2.24) is 0 Å². The number of aliphatic hydroxyl groups is 6. The Bertz CT molecular complexity index is 823. The third-order valence-corrected chi connectivity index (χ3v) is 10.6. The van der Waals surface area contributed by atoms with Crippen LogP contribution in [0.5, 0.6) is 0 Å². The van der Waals surface area contributed by atoms with Crippen molar-refractivity contribution in [3.05, 3.63) is 0 Å². The van der Waals surface area contributed by atoms with E-state index in [-0.39, 0.29) is 23.7 Å². The van der Waals surface area contributed by atoms with E-state index in [4.69, 9.17) is 0 Å². The predicted molar refractivity (Wildman–Crippen MR) is 161 cm³/mol. The minimum atomic E-state index is -2.98. The van der Waals surface area contributed by atoms with Crippen LogP contribution >= 0.6 is 0 Å². The molecule has 0 aromatic carbocycles. The van der Waals surface area contributed by atoms with E-state index < -0.39 is 102 Å². The Kier molecular flexibility index (Phi) is 14.2. The molecule has 3 fully saturated rings. The van der Waals surface area contributed by atoms with E-state index in [1.807, 2.05) is 27.7 Å². The summed E-state index contributed by atoms with van der Waals surface area (Å²) in [5.74, 6) is -7.67. The van der Waals surface area contributed by atoms with Gasteiger partial charge in [0.25, 0.3) is 5.92 Å². The van der Waals surface area contributed by atoms with Crippen LogP contribution in [0.3, 0.4) is 0 Å². The van der Waals surface area contributed by atoms with Gasteiger partial charge in [-0.05, 0) is 35.5 Å². The zero-order valence-corrected chi connectivity index (χ0v) is 28.6. The van der Waals surface area contributed by atoms with Gasteiger partial charge >= 0.3 is 0 Å². The summed E-state index contributed by atoms with van der Waals surface area (Å²) in [5, 5.41) is 58.0. The predicted octanol–water partition coefficient (Wildman–Crippen LogP) is 5.35. The van der Waals surface area contributed by atoms with Crippen LogP contribution in [0.15, 0.2) is 0 Å². The summed E-state index contributed by atoms with van der Waals surface area (Å²) in [4.78, 5) is 0. The van der Waals surface area contributed by atoms with Crippen molar-refractivity contribution < 1.29 is 52.6 Å². The molecule has 3 rings (SSSR count). The number of halogens is 5. The van der Waals surface area contributed by atoms with Crippen LogP contribution in [-0.4, -0.2) is 90.7 Å². The highest BCUT2D eigenvalue weighted by atomic mass is 19.3. The Morgan fingerprint density at radius 1 is 0.477 bits per heavy atom. The van der Waals surface area contributed by atoms with Crippen LogP contribution in [-0.2, 0) is 0 Å². The Labute approximate surface area is 261 Å². The zero-order valence-electron chi connectivity index (χ0n) is 28.6. The molecule has 12 atom stereocenters. The smallest absolute Gasteiger partial charge is 0.259 e. The number of aliphatic hydroxyl groups excluding tert-OH is 6. The van der Waals surface area contributed by atoms with Gasteiger partial charge in [-0.15, -0.1) is 0 Å². The van der Waals surface area contributed by atoms with E-state index >= 15 is 0 Å². The molecule has 11 heteroatoms. The highest BCUT2D eigenvalue weighted by molar-refractivity contribution is 5.13. The largest absolute Gasteiger partial charge is 0.390 e. The van der Waals surface area contributed by atoms with Gasteiger partial charge in [0.05, 0.1) is 36.3 Å². The van der Waals surface area contributed by atoms with Gasteiger partial charge in [0.15, 0.2) is 0 Å². The van der Waals surface area contributed by atoms with Crippen molar-refractivity contribution in [3.63, 3.8) is 0 Å². The first-order valence-electron chi connectivity index (χ1n) is 16.2. The molecule has 3 saturated carbocycles. The van der Waals surface area contributed by atoms with Gasteiger partial charge in [0.1, 0.15) is 29.7 Å². The van der Waals surface area contributed by atoms with E-state index in [2.05, 4.69) is 0 Å². The van der Waals surface area contributed by atoms with Gasteiger partial charge in [0.2, 0.25) is 0 Å². The molecule has 0 saturated heterocycles. The normalized spacial score (nSPS) is 43.7. The first-order chi connectivity index (χ1) is 19.7. The van der Waals surface area contributed by atoms with Crippen molar-refractivity contribution in [1.29, 1.82) is 0 Å². The number of hydrogen-bond donors (Lipinski definition) is 6. The molecule has 3 aliphatic carbocycles. The molecule has 0 bridgehead atoms. The summed E-state index contributed by atoms with van der Waals surface area (Å²) < 4.78 is 70.4. The van der Waals surface area contributed by atoms with E-state index in [0.717, 1.165) is 0 Å². The van der Waals surface area contributed by atoms with Crippen LogP contribution in [0.25, 0.3) is 0 Å². The van der Waals surface area contributed by atoms with Crippen LogP contribution < -0.4 is 0 Å². The SMILES string of the molecule is CC(C)C1(F)CC(F)(C(C)C)C(O)C1O.CC(C)C1C(O)C(O)C(C(C)C)C1(F)F.CC(C)C1C(O)C(O)C(C(C)C)C1F. The maximum absolute atomic E-state index is 14.3. The molecule has 0 spiro atoms. The Hall–Kier alpha value is -0.590. The lowest BCUT2D eigenvalue weighted by Crippen LogP contribution is -2.44. The summed E-state index contributed by atoms with van der Waals surface area (Å²) in [6, 6.07) is 0. The maximum Gasteiger partial charge on any atom is 0.259 e. The van der Waals surface area contributed by atoms with Crippen LogP contribution in [0.1, 0.15) is 89.5 Å². The lowest BCUT2D eigenvalue weighted by molar-refractivity contribution is -0.118. The van der Waals surface area contributed by atoms with Gasteiger partial charge in [0, 0.05) is 18.3 Å². The molecule has 6 nitrogen and oxygen atoms in total. The van der Waals surface area contributed by atoms with Crippen molar-refractivity contribution in [2.45, 2.75) is 150 Å². The topological polar surface area (TPSA) is 121 Å². The minimum Gasteiger partial charge on any atom is -0.390 e. The number of hydrogen-bond acceptors (Lipinski definition) is 6. The highest BCUT2D eigenvalue weighted by Crippen LogP contribution is 2.52. The van der Waals surface area contributed by atoms with Gasteiger partial charge in [-0.1, -0.05) is 83.1 Å². The second kappa shape index (κ2) is 15.1. The molecule has 0 aromatic rings. The second-order valence-corrected chi connectivity index (χ2v) is 15.5. The Morgan fingerprint density at radius 3 is 0.886 bits per heavy atom. The molecule has 0 amide bonds. The Morgan fingerprint density at radius 2 is 0.750 bits per heavy atom. The fraction of sp³-hybridized carbons (Fsp3) is 1.00. The van der Waals surface area contributed by atoms with Crippen molar-refractivity contribution in [2.24, 2.45) is 59.2 Å². The first kappa shape index (κ1) is 41.4. The van der Waals surface area contributed by atoms with Crippen LogP contribution in [0.2, 0.25) is 0 Å². The monoisotopic (exact) mass is 648 g/mol. The molecular weight excluding hydrogens is 587 g/mol. The number of rotatable bonds is 6. The number of alkyl halides is 5. The van der Waals surface area contributed by atoms with E-state index in [1.165, 1.54) is 0 Å². The fourth-order valence-electron chi connectivity index (χ4n) is 7.63. The van der Waals surface area contributed by atoms with Crippen LogP contribution in [0.4, 0.5) is 22.0 Å². The fourth-order valence-corrected chi connectivity index (χ4v) is 7.63. The van der Waals surface area contributed by atoms with Crippen LogP contribution in [0, 0.1) is 59.2 Å². The summed E-state index contributed by atoms with van der Waals surface area (Å²) in [6.07, 6.45) is -9.22. The van der Waals surface area contributed by atoms with Crippen molar-refractivity contribution in [3.8, 4) is 0 Å². The molecule has 0 heterocycles. The van der Waals surface area contributed by atoms with Gasteiger partial charge in [-0.3, -0.25) is 0 Å². The zero-order chi connectivity index (χ0) is 35.0. The third-order valence-electron chi connectivity index (χ3n) is 10.6. The average molecular weight is 649 g/mol. The lowest BCUT2D eigenvalue weighted by Gasteiger charge is -2.29. The first-order valence-corrected chi connectivity index (χ1v) is 16.2. The van der Waals surface area contributed by atoms with Gasteiger partial charge in [-0.25, -0.2) is 22.0 Å². The van der Waals surface area contributed by atoms with Crippen molar-refractivity contribution in [2.75, 3.05) is 0 Å². The molecule has 12 unspecified atom stereocenters. The molecular formula is C33H61F5O6. The van der Waals surface area contributed by atoms with Gasteiger partial charge < -0.3 is 30.6 Å². The van der Waals surface area contributed by atoms with Gasteiger partial charge in [-0.2, -0.15) is 0 Å². The summed E-state index contributed by atoms with van der Waals surface area (Å²) in [5.41, 5.74) is -4.06.